The maximum atomic E-state index is 12.0. The van der Waals surface area contributed by atoms with Crippen LogP contribution in [0, 0.1) is 0 Å². The number of benzene rings is 1. The van der Waals surface area contributed by atoms with Gasteiger partial charge in [0.05, 0.1) is 28.4 Å². The summed E-state index contributed by atoms with van der Waals surface area (Å²) < 4.78 is 20.8. The van der Waals surface area contributed by atoms with Crippen LogP contribution < -0.4 is 14.2 Å². The second-order valence-corrected chi connectivity index (χ2v) is 5.14. The molecular formula is C18H20O6. The molecule has 0 bridgehead atoms. The summed E-state index contributed by atoms with van der Waals surface area (Å²) in [5.74, 6) is 1.17. The zero-order chi connectivity index (χ0) is 17.7. The second-order valence-electron chi connectivity index (χ2n) is 5.14. The van der Waals surface area contributed by atoms with Crippen LogP contribution in [0.2, 0.25) is 0 Å². The SMILES string of the molecule is COC1=CC(=O)C(CCc2cc(OC)c(OC)c(OC)c2)=CC1=O. The summed E-state index contributed by atoms with van der Waals surface area (Å²) in [5, 5.41) is 0. The topological polar surface area (TPSA) is 71.1 Å². The third-order valence-corrected chi connectivity index (χ3v) is 3.75. The summed E-state index contributed by atoms with van der Waals surface area (Å²) in [5.41, 5.74) is 1.36. The van der Waals surface area contributed by atoms with E-state index in [9.17, 15) is 9.59 Å². The van der Waals surface area contributed by atoms with Crippen molar-refractivity contribution >= 4 is 11.6 Å². The first kappa shape index (κ1) is 17.6. The molecule has 6 heteroatoms. The fraction of sp³-hybridized carbons (Fsp3) is 0.333. The fourth-order valence-electron chi connectivity index (χ4n) is 2.50. The number of ketones is 2. The Morgan fingerprint density at radius 2 is 1.38 bits per heavy atom. The van der Waals surface area contributed by atoms with Crippen molar-refractivity contribution in [2.24, 2.45) is 0 Å². The van der Waals surface area contributed by atoms with Gasteiger partial charge in [-0.15, -0.1) is 0 Å². The van der Waals surface area contributed by atoms with Gasteiger partial charge >= 0.3 is 0 Å². The van der Waals surface area contributed by atoms with Crippen molar-refractivity contribution in [2.75, 3.05) is 28.4 Å². The van der Waals surface area contributed by atoms with Gasteiger partial charge in [0.25, 0.3) is 0 Å². The van der Waals surface area contributed by atoms with Crippen molar-refractivity contribution in [1.82, 2.24) is 0 Å². The van der Waals surface area contributed by atoms with Gasteiger partial charge in [0, 0.05) is 11.6 Å². The lowest BCUT2D eigenvalue weighted by Crippen LogP contribution is -2.14. The lowest BCUT2D eigenvalue weighted by atomic mass is 9.96. The number of carbonyl (C=O) groups excluding carboxylic acids is 2. The predicted octanol–water partition coefficient (Wildman–Crippen LogP) is 2.25. The van der Waals surface area contributed by atoms with Crippen LogP contribution in [0.4, 0.5) is 0 Å². The Bertz CT molecular complexity index is 689. The van der Waals surface area contributed by atoms with Crippen molar-refractivity contribution in [3.8, 4) is 17.2 Å². The first-order valence-electron chi connectivity index (χ1n) is 7.37. The number of hydrogen-bond donors (Lipinski definition) is 0. The Hall–Kier alpha value is -2.76. The van der Waals surface area contributed by atoms with E-state index in [1.54, 1.807) is 14.2 Å². The molecule has 0 aliphatic heterocycles. The molecule has 1 aliphatic carbocycles. The standard InChI is InChI=1S/C18H20O6/c1-21-15-10-13(19)12(9-14(15)20)6-5-11-7-16(22-2)18(24-4)17(8-11)23-3/h7-10H,5-6H2,1-4H3. The van der Waals surface area contributed by atoms with Gasteiger partial charge in [-0.25, -0.2) is 0 Å². The van der Waals surface area contributed by atoms with E-state index in [0.717, 1.165) is 5.56 Å². The molecule has 0 radical (unpaired) electrons. The monoisotopic (exact) mass is 332 g/mol. The first-order chi connectivity index (χ1) is 11.5. The molecule has 1 aliphatic rings. The normalized spacial score (nSPS) is 14.0. The molecule has 1 aromatic rings. The Labute approximate surface area is 140 Å². The molecule has 6 nitrogen and oxygen atoms in total. The van der Waals surface area contributed by atoms with Crippen LogP contribution in [0.25, 0.3) is 0 Å². The van der Waals surface area contributed by atoms with Gasteiger partial charge in [-0.1, -0.05) is 0 Å². The van der Waals surface area contributed by atoms with Crippen molar-refractivity contribution in [1.29, 1.82) is 0 Å². The van der Waals surface area contributed by atoms with Gasteiger partial charge in [-0.05, 0) is 36.6 Å². The van der Waals surface area contributed by atoms with Gasteiger partial charge in [-0.3, -0.25) is 9.59 Å². The maximum absolute atomic E-state index is 12.0. The zero-order valence-electron chi connectivity index (χ0n) is 14.2. The van der Waals surface area contributed by atoms with E-state index in [4.69, 9.17) is 18.9 Å². The number of hydrogen-bond acceptors (Lipinski definition) is 6. The van der Waals surface area contributed by atoms with E-state index in [0.29, 0.717) is 35.7 Å². The van der Waals surface area contributed by atoms with Gasteiger partial charge in [0.1, 0.15) is 0 Å². The Balaban J connectivity index is 2.18. The Morgan fingerprint density at radius 3 is 1.88 bits per heavy atom. The highest BCUT2D eigenvalue weighted by Crippen LogP contribution is 2.38. The Morgan fingerprint density at radius 1 is 0.750 bits per heavy atom. The second kappa shape index (κ2) is 7.68. The van der Waals surface area contributed by atoms with Crippen LogP contribution in [0.3, 0.4) is 0 Å². The lowest BCUT2D eigenvalue weighted by Gasteiger charge is -2.15. The highest BCUT2D eigenvalue weighted by Gasteiger charge is 2.21. The number of aryl methyl sites for hydroxylation is 1. The molecular weight excluding hydrogens is 312 g/mol. The summed E-state index contributed by atoms with van der Waals surface area (Å²) in [6.07, 6.45) is 3.54. The average molecular weight is 332 g/mol. The van der Waals surface area contributed by atoms with Crippen molar-refractivity contribution in [3.63, 3.8) is 0 Å². The Kier molecular flexibility index (Phi) is 5.63. The van der Waals surface area contributed by atoms with Crippen LogP contribution in [0.15, 0.2) is 35.6 Å². The predicted molar refractivity (Wildman–Crippen MR) is 87.6 cm³/mol. The molecule has 0 unspecified atom stereocenters. The first-order valence-corrected chi connectivity index (χ1v) is 7.37. The van der Waals surface area contributed by atoms with E-state index < -0.39 is 0 Å². The highest BCUT2D eigenvalue weighted by atomic mass is 16.5. The van der Waals surface area contributed by atoms with E-state index in [1.165, 1.54) is 26.4 Å². The number of methoxy groups -OCH3 is 4. The van der Waals surface area contributed by atoms with Crippen LogP contribution in [0.1, 0.15) is 12.0 Å². The smallest absolute Gasteiger partial charge is 0.220 e. The summed E-state index contributed by atoms with van der Waals surface area (Å²) >= 11 is 0. The number of allylic oxidation sites excluding steroid dienone is 3. The molecule has 0 aromatic heterocycles. The molecule has 128 valence electrons. The quantitative estimate of drug-likeness (QED) is 0.713. The van der Waals surface area contributed by atoms with Crippen molar-refractivity contribution in [2.45, 2.75) is 12.8 Å². The molecule has 1 aromatic carbocycles. The molecule has 0 N–H and O–H groups in total. The van der Waals surface area contributed by atoms with Crippen LogP contribution in [-0.4, -0.2) is 40.0 Å². The maximum Gasteiger partial charge on any atom is 0.220 e. The minimum atomic E-state index is -0.294. The molecule has 0 heterocycles. The lowest BCUT2D eigenvalue weighted by molar-refractivity contribution is -0.117. The number of rotatable bonds is 7. The summed E-state index contributed by atoms with van der Waals surface area (Å²) in [6, 6.07) is 3.65. The van der Waals surface area contributed by atoms with E-state index >= 15 is 0 Å². The minimum Gasteiger partial charge on any atom is -0.493 e. The summed E-state index contributed by atoms with van der Waals surface area (Å²) in [7, 11) is 6.00. The van der Waals surface area contributed by atoms with Gasteiger partial charge in [-0.2, -0.15) is 0 Å². The molecule has 0 fully saturated rings. The molecule has 0 spiro atoms. The fourth-order valence-corrected chi connectivity index (χ4v) is 2.50. The van der Waals surface area contributed by atoms with Gasteiger partial charge in [0.2, 0.25) is 11.5 Å². The third-order valence-electron chi connectivity index (χ3n) is 3.75. The van der Waals surface area contributed by atoms with E-state index in [2.05, 4.69) is 0 Å². The van der Waals surface area contributed by atoms with Crippen LogP contribution in [0.5, 0.6) is 17.2 Å². The van der Waals surface area contributed by atoms with Crippen LogP contribution in [-0.2, 0) is 20.7 Å². The summed E-state index contributed by atoms with van der Waals surface area (Å²) in [6.45, 7) is 0. The summed E-state index contributed by atoms with van der Waals surface area (Å²) in [4.78, 5) is 23.8. The van der Waals surface area contributed by atoms with Crippen LogP contribution >= 0.6 is 0 Å². The third kappa shape index (κ3) is 3.59. The number of ether oxygens (including phenoxy) is 4. The molecule has 2 rings (SSSR count). The van der Waals surface area contributed by atoms with Gasteiger partial charge < -0.3 is 18.9 Å². The molecule has 0 amide bonds. The van der Waals surface area contributed by atoms with Gasteiger partial charge in [0.15, 0.2) is 23.0 Å². The molecule has 24 heavy (non-hydrogen) atoms. The molecule has 0 saturated heterocycles. The molecule has 0 saturated carbocycles. The number of carbonyl (C=O) groups is 2. The van der Waals surface area contributed by atoms with E-state index in [1.807, 2.05) is 12.1 Å². The van der Waals surface area contributed by atoms with Crippen molar-refractivity contribution in [3.05, 3.63) is 41.2 Å². The van der Waals surface area contributed by atoms with Crippen molar-refractivity contribution < 1.29 is 28.5 Å². The molecule has 0 atom stereocenters. The zero-order valence-corrected chi connectivity index (χ0v) is 14.2. The average Bonchev–Trinajstić information content (AvgIpc) is 2.60. The minimum absolute atomic E-state index is 0.0662. The van der Waals surface area contributed by atoms with E-state index in [-0.39, 0.29) is 17.3 Å². The highest BCUT2D eigenvalue weighted by molar-refractivity contribution is 6.19. The largest absolute Gasteiger partial charge is 0.493 e.